The maximum absolute atomic E-state index is 10.9. The molecule has 1 amide bonds. The van der Waals surface area contributed by atoms with E-state index in [-0.39, 0.29) is 12.5 Å². The van der Waals surface area contributed by atoms with Crippen molar-refractivity contribution in [3.05, 3.63) is 42.4 Å². The van der Waals surface area contributed by atoms with Crippen LogP contribution in [0.3, 0.4) is 0 Å². The van der Waals surface area contributed by atoms with Crippen molar-refractivity contribution in [2.24, 2.45) is 0 Å². The molecule has 0 aliphatic heterocycles. The smallest absolute Gasteiger partial charge is 0.224 e. The summed E-state index contributed by atoms with van der Waals surface area (Å²) in [5, 5.41) is 11.1. The van der Waals surface area contributed by atoms with Gasteiger partial charge in [-0.15, -0.1) is 0 Å². The maximum atomic E-state index is 10.9. The van der Waals surface area contributed by atoms with Crippen LogP contribution in [-0.2, 0) is 17.8 Å². The van der Waals surface area contributed by atoms with Crippen molar-refractivity contribution < 1.29 is 9.90 Å². The van der Waals surface area contributed by atoms with Gasteiger partial charge in [0.2, 0.25) is 5.91 Å². The van der Waals surface area contributed by atoms with E-state index in [1.54, 1.807) is 12.1 Å². The Balaban J connectivity index is 2.64. The van der Waals surface area contributed by atoms with Crippen LogP contribution >= 0.6 is 0 Å². The van der Waals surface area contributed by atoms with Crippen LogP contribution < -0.4 is 5.32 Å². The topological polar surface area (TPSA) is 49.3 Å². The summed E-state index contributed by atoms with van der Waals surface area (Å²) >= 11 is 0. The number of nitrogens with one attached hydrogen (secondary N) is 1. The van der Waals surface area contributed by atoms with E-state index < -0.39 is 0 Å². The number of carbonyl (C=O) groups excluding carboxylic acids is 1. The van der Waals surface area contributed by atoms with Gasteiger partial charge in [-0.25, -0.2) is 0 Å². The van der Waals surface area contributed by atoms with Crippen molar-refractivity contribution in [1.29, 1.82) is 0 Å². The Bertz CT molecular complexity index is 279. The zero-order valence-corrected chi connectivity index (χ0v) is 7.29. The van der Waals surface area contributed by atoms with Crippen LogP contribution in [0.25, 0.3) is 0 Å². The molecule has 0 bridgehead atoms. The van der Waals surface area contributed by atoms with Crippen molar-refractivity contribution in [1.82, 2.24) is 5.32 Å². The van der Waals surface area contributed by atoms with Crippen molar-refractivity contribution in [3.8, 4) is 0 Å². The molecule has 0 fully saturated rings. The quantitative estimate of drug-likeness (QED) is 0.713. The molecule has 0 atom stereocenters. The minimum atomic E-state index is -0.114. The van der Waals surface area contributed by atoms with Gasteiger partial charge in [-0.3, -0.25) is 4.79 Å². The van der Waals surface area contributed by atoms with Gasteiger partial charge in [-0.1, -0.05) is 24.3 Å². The molecule has 13 heavy (non-hydrogen) atoms. The highest BCUT2D eigenvalue weighted by atomic mass is 16.3. The first-order valence-electron chi connectivity index (χ1n) is 4.01. The standard InChI is InChI=1S/C10H12NO2/c1-11-10(13)6-8-2-4-9(7-12)5-3-8/h2-5,12H,1,6-7H2,(H,11,13). The molecule has 1 aromatic carbocycles. The molecule has 0 aliphatic carbocycles. The van der Waals surface area contributed by atoms with E-state index in [1.165, 1.54) is 0 Å². The number of amides is 1. The zero-order valence-electron chi connectivity index (χ0n) is 7.29. The van der Waals surface area contributed by atoms with Gasteiger partial charge >= 0.3 is 0 Å². The molecular weight excluding hydrogens is 166 g/mol. The fourth-order valence-electron chi connectivity index (χ4n) is 1.01. The van der Waals surface area contributed by atoms with Crippen LogP contribution in [0.4, 0.5) is 0 Å². The van der Waals surface area contributed by atoms with Crippen LogP contribution in [0, 0.1) is 7.05 Å². The maximum Gasteiger partial charge on any atom is 0.224 e. The molecule has 0 aliphatic rings. The number of carbonyl (C=O) groups is 1. The largest absolute Gasteiger partial charge is 0.392 e. The van der Waals surface area contributed by atoms with Crippen molar-refractivity contribution >= 4 is 5.91 Å². The second-order valence-electron chi connectivity index (χ2n) is 2.75. The number of hydrogen-bond acceptors (Lipinski definition) is 2. The average molecular weight is 178 g/mol. The molecule has 1 aromatic rings. The van der Waals surface area contributed by atoms with Crippen molar-refractivity contribution in [2.45, 2.75) is 13.0 Å². The van der Waals surface area contributed by atoms with Crippen LogP contribution in [0.2, 0.25) is 0 Å². The van der Waals surface area contributed by atoms with Gasteiger partial charge in [0.05, 0.1) is 13.0 Å². The minimum Gasteiger partial charge on any atom is -0.392 e. The van der Waals surface area contributed by atoms with E-state index in [2.05, 4.69) is 12.4 Å². The number of rotatable bonds is 3. The molecule has 0 saturated carbocycles. The summed E-state index contributed by atoms with van der Waals surface area (Å²) < 4.78 is 0. The lowest BCUT2D eigenvalue weighted by Crippen LogP contribution is -2.17. The third-order valence-electron chi connectivity index (χ3n) is 1.77. The molecule has 3 heteroatoms. The molecule has 0 aromatic heterocycles. The third kappa shape index (κ3) is 2.87. The van der Waals surface area contributed by atoms with Gasteiger partial charge in [0.25, 0.3) is 0 Å². The lowest BCUT2D eigenvalue weighted by atomic mass is 10.1. The Morgan fingerprint density at radius 3 is 2.31 bits per heavy atom. The van der Waals surface area contributed by atoms with E-state index in [9.17, 15) is 4.79 Å². The molecule has 2 N–H and O–H groups in total. The number of aliphatic hydroxyl groups excluding tert-OH is 1. The van der Waals surface area contributed by atoms with E-state index in [0.717, 1.165) is 11.1 Å². The lowest BCUT2D eigenvalue weighted by molar-refractivity contribution is -0.119. The summed E-state index contributed by atoms with van der Waals surface area (Å²) in [6, 6.07) is 7.24. The highest BCUT2D eigenvalue weighted by Gasteiger charge is 1.99. The molecule has 3 nitrogen and oxygen atoms in total. The predicted octanol–water partition coefficient (Wildman–Crippen LogP) is 0.629. The monoisotopic (exact) mass is 178 g/mol. The highest BCUT2D eigenvalue weighted by molar-refractivity contribution is 5.78. The summed E-state index contributed by atoms with van der Waals surface area (Å²) in [7, 11) is 3.28. The van der Waals surface area contributed by atoms with Crippen LogP contribution in [0.5, 0.6) is 0 Å². The molecule has 0 heterocycles. The molecule has 0 spiro atoms. The van der Waals surface area contributed by atoms with E-state index >= 15 is 0 Å². The number of benzene rings is 1. The second kappa shape index (κ2) is 4.62. The van der Waals surface area contributed by atoms with Gasteiger partial charge in [-0.05, 0) is 11.1 Å². The van der Waals surface area contributed by atoms with E-state index in [4.69, 9.17) is 5.11 Å². The van der Waals surface area contributed by atoms with Gasteiger partial charge in [0.15, 0.2) is 0 Å². The molecule has 1 radical (unpaired) electrons. The van der Waals surface area contributed by atoms with Gasteiger partial charge in [-0.2, -0.15) is 0 Å². The van der Waals surface area contributed by atoms with E-state index in [0.29, 0.717) is 6.42 Å². The Morgan fingerprint density at radius 2 is 1.85 bits per heavy atom. The third-order valence-corrected chi connectivity index (χ3v) is 1.77. The van der Waals surface area contributed by atoms with Crippen LogP contribution in [0.1, 0.15) is 11.1 Å². The van der Waals surface area contributed by atoms with Crippen LogP contribution in [0.15, 0.2) is 24.3 Å². The number of hydrogen-bond donors (Lipinski definition) is 2. The molecule has 0 saturated heterocycles. The average Bonchev–Trinajstić information content (AvgIpc) is 2.19. The Labute approximate surface area is 77.4 Å². The first-order valence-corrected chi connectivity index (χ1v) is 4.01. The first-order chi connectivity index (χ1) is 6.26. The van der Waals surface area contributed by atoms with Crippen LogP contribution in [-0.4, -0.2) is 11.0 Å². The first kappa shape index (κ1) is 9.74. The van der Waals surface area contributed by atoms with E-state index in [1.807, 2.05) is 12.1 Å². The Hall–Kier alpha value is -1.35. The SMILES string of the molecule is [CH2]NC(=O)Cc1ccc(CO)cc1. The highest BCUT2D eigenvalue weighted by Crippen LogP contribution is 2.04. The minimum absolute atomic E-state index is 0.0296. The van der Waals surface area contributed by atoms with Gasteiger partial charge in [0.1, 0.15) is 0 Å². The number of aliphatic hydroxyl groups is 1. The summed E-state index contributed by atoms with van der Waals surface area (Å²) in [6.07, 6.45) is 0.329. The summed E-state index contributed by atoms with van der Waals surface area (Å²) in [4.78, 5) is 10.9. The fraction of sp³-hybridized carbons (Fsp3) is 0.200. The molecular formula is C10H12NO2. The van der Waals surface area contributed by atoms with Crippen molar-refractivity contribution in [3.63, 3.8) is 0 Å². The normalized spacial score (nSPS) is 9.69. The molecule has 69 valence electrons. The predicted molar refractivity (Wildman–Crippen MR) is 49.6 cm³/mol. The summed E-state index contributed by atoms with van der Waals surface area (Å²) in [5.74, 6) is -0.114. The molecule has 1 rings (SSSR count). The molecule has 0 unspecified atom stereocenters. The van der Waals surface area contributed by atoms with Crippen molar-refractivity contribution in [2.75, 3.05) is 0 Å². The fourth-order valence-corrected chi connectivity index (χ4v) is 1.01. The Kier molecular flexibility index (Phi) is 3.46. The zero-order chi connectivity index (χ0) is 9.68. The Morgan fingerprint density at radius 1 is 1.31 bits per heavy atom. The van der Waals surface area contributed by atoms with Gasteiger partial charge < -0.3 is 10.4 Å². The second-order valence-corrected chi connectivity index (χ2v) is 2.75. The summed E-state index contributed by atoms with van der Waals surface area (Å²) in [6.45, 7) is 0.0296. The summed E-state index contributed by atoms with van der Waals surface area (Å²) in [5.41, 5.74) is 1.76. The lowest BCUT2D eigenvalue weighted by Gasteiger charge is -2.01. The van der Waals surface area contributed by atoms with Gasteiger partial charge in [0, 0.05) is 7.05 Å².